The molecule has 26 heavy (non-hydrogen) atoms. The number of carbonyl (C=O) groups excluding carboxylic acids is 3. The van der Waals surface area contributed by atoms with E-state index in [0.717, 1.165) is 10.8 Å². The van der Waals surface area contributed by atoms with Crippen molar-refractivity contribution in [3.8, 4) is 5.75 Å². The summed E-state index contributed by atoms with van der Waals surface area (Å²) >= 11 is 0. The van der Waals surface area contributed by atoms with Gasteiger partial charge in [0.2, 0.25) is 5.91 Å². The van der Waals surface area contributed by atoms with Crippen molar-refractivity contribution >= 4 is 28.6 Å². The molecule has 0 unspecified atom stereocenters. The van der Waals surface area contributed by atoms with Crippen LogP contribution in [0.4, 0.5) is 0 Å². The Bertz CT molecular complexity index is 819. The van der Waals surface area contributed by atoms with Crippen molar-refractivity contribution in [1.29, 1.82) is 0 Å². The van der Waals surface area contributed by atoms with Crippen molar-refractivity contribution in [1.82, 2.24) is 10.2 Å². The number of phenols is 1. The second-order valence-electron chi connectivity index (χ2n) is 5.65. The number of hydrogen-bond acceptors (Lipinski definition) is 5. The average molecular weight is 358 g/mol. The third-order valence-electron chi connectivity index (χ3n) is 3.85. The van der Waals surface area contributed by atoms with Crippen LogP contribution < -0.4 is 5.32 Å². The number of esters is 1. The van der Waals surface area contributed by atoms with E-state index >= 15 is 0 Å². The number of likely N-dealkylation sites (N-methyl/N-ethyl adjacent to an activating group) is 2. The molecule has 0 atom stereocenters. The molecule has 0 radical (unpaired) electrons. The predicted octanol–water partition coefficient (Wildman–Crippen LogP) is 1.69. The second-order valence-corrected chi connectivity index (χ2v) is 5.65. The first-order valence-corrected chi connectivity index (χ1v) is 8.39. The first-order chi connectivity index (χ1) is 12.5. The van der Waals surface area contributed by atoms with Gasteiger partial charge < -0.3 is 20.1 Å². The molecule has 0 aliphatic rings. The molecule has 0 aliphatic heterocycles. The molecular weight excluding hydrogens is 336 g/mol. The number of rotatable bonds is 7. The molecule has 0 bridgehead atoms. The van der Waals surface area contributed by atoms with Crippen molar-refractivity contribution < 1.29 is 24.2 Å². The van der Waals surface area contributed by atoms with E-state index in [-0.39, 0.29) is 23.8 Å². The summed E-state index contributed by atoms with van der Waals surface area (Å²) in [6.07, 6.45) is 0. The monoisotopic (exact) mass is 358 g/mol. The van der Waals surface area contributed by atoms with Crippen LogP contribution in [0.1, 0.15) is 24.2 Å². The Morgan fingerprint density at radius 1 is 1.12 bits per heavy atom. The fourth-order valence-electron chi connectivity index (χ4n) is 2.49. The summed E-state index contributed by atoms with van der Waals surface area (Å²) in [5.74, 6) is -1.76. The van der Waals surface area contributed by atoms with E-state index < -0.39 is 18.5 Å². The van der Waals surface area contributed by atoms with E-state index in [4.69, 9.17) is 4.74 Å². The fourth-order valence-corrected chi connectivity index (χ4v) is 2.49. The van der Waals surface area contributed by atoms with Crippen LogP contribution in [0, 0.1) is 0 Å². The van der Waals surface area contributed by atoms with Gasteiger partial charge in [0.15, 0.2) is 6.61 Å². The van der Waals surface area contributed by atoms with E-state index in [9.17, 15) is 19.5 Å². The van der Waals surface area contributed by atoms with Gasteiger partial charge in [-0.1, -0.05) is 24.3 Å². The molecule has 0 aromatic heterocycles. The minimum absolute atomic E-state index is 0.0109. The number of amides is 2. The molecule has 0 spiro atoms. The Balaban J connectivity index is 2.02. The minimum atomic E-state index is -0.796. The van der Waals surface area contributed by atoms with Crippen LogP contribution in [0.25, 0.3) is 10.8 Å². The van der Waals surface area contributed by atoms with Gasteiger partial charge in [-0.2, -0.15) is 0 Å². The van der Waals surface area contributed by atoms with Crippen molar-refractivity contribution in [3.05, 3.63) is 42.0 Å². The summed E-state index contributed by atoms with van der Waals surface area (Å²) < 4.78 is 5.02. The zero-order chi connectivity index (χ0) is 19.1. The Kier molecular flexibility index (Phi) is 6.54. The molecule has 138 valence electrons. The number of nitrogens with zero attached hydrogens (tertiary/aromatic N) is 1. The van der Waals surface area contributed by atoms with Gasteiger partial charge in [0.25, 0.3) is 5.91 Å². The molecule has 2 rings (SSSR count). The highest BCUT2D eigenvalue weighted by Gasteiger charge is 2.19. The molecule has 0 fully saturated rings. The van der Waals surface area contributed by atoms with Crippen molar-refractivity contribution in [3.63, 3.8) is 0 Å². The van der Waals surface area contributed by atoms with Gasteiger partial charge in [-0.25, -0.2) is 4.79 Å². The Morgan fingerprint density at radius 2 is 1.77 bits per heavy atom. The van der Waals surface area contributed by atoms with Crippen LogP contribution in [0.5, 0.6) is 5.75 Å². The normalized spacial score (nSPS) is 10.4. The molecule has 0 heterocycles. The first kappa shape index (κ1) is 19.2. The molecule has 2 amide bonds. The third kappa shape index (κ3) is 4.72. The highest BCUT2D eigenvalue weighted by atomic mass is 16.5. The van der Waals surface area contributed by atoms with Gasteiger partial charge in [-0.3, -0.25) is 9.59 Å². The molecule has 2 aromatic carbocycles. The second kappa shape index (κ2) is 8.84. The number of hydrogen-bond donors (Lipinski definition) is 2. The Hall–Kier alpha value is -3.09. The van der Waals surface area contributed by atoms with Gasteiger partial charge in [-0.05, 0) is 36.8 Å². The summed E-state index contributed by atoms with van der Waals surface area (Å²) in [7, 11) is 0. The molecule has 0 saturated carbocycles. The highest BCUT2D eigenvalue weighted by Crippen LogP contribution is 2.25. The van der Waals surface area contributed by atoms with Gasteiger partial charge in [-0.15, -0.1) is 0 Å². The molecule has 0 saturated heterocycles. The number of fused-ring (bicyclic) bond motifs is 1. The number of nitrogens with one attached hydrogen (secondary N) is 1. The van der Waals surface area contributed by atoms with Crippen molar-refractivity contribution in [2.75, 3.05) is 26.2 Å². The maximum atomic E-state index is 12.2. The summed E-state index contributed by atoms with van der Waals surface area (Å²) in [6, 6.07) is 10.3. The smallest absolute Gasteiger partial charge is 0.342 e. The zero-order valence-electron chi connectivity index (χ0n) is 14.8. The van der Waals surface area contributed by atoms with Gasteiger partial charge in [0.1, 0.15) is 11.3 Å². The van der Waals surface area contributed by atoms with E-state index in [1.807, 2.05) is 24.3 Å². The van der Waals surface area contributed by atoms with Crippen LogP contribution in [0.3, 0.4) is 0 Å². The molecule has 7 nitrogen and oxygen atoms in total. The fraction of sp³-hybridized carbons (Fsp3) is 0.316. The van der Waals surface area contributed by atoms with Crippen LogP contribution in [0.15, 0.2) is 36.4 Å². The van der Waals surface area contributed by atoms with E-state index in [0.29, 0.717) is 13.1 Å². The number of phenolic OH excluding ortho intramolecular Hbond substituents is 1. The average Bonchev–Trinajstić information content (AvgIpc) is 2.63. The topological polar surface area (TPSA) is 95.9 Å². The Labute approximate surface area is 151 Å². The largest absolute Gasteiger partial charge is 0.507 e. The molecule has 2 aromatic rings. The number of carbonyl (C=O) groups is 3. The lowest BCUT2D eigenvalue weighted by molar-refractivity contribution is -0.138. The van der Waals surface area contributed by atoms with Crippen LogP contribution in [0.2, 0.25) is 0 Å². The standard InChI is InChI=1S/C19H22N2O5/c1-3-20-17(23)11-21(4-2)18(24)12-26-19(25)15-9-13-7-5-6-8-14(13)10-16(15)22/h5-10,22H,3-4,11-12H2,1-2H3,(H,20,23). The number of benzene rings is 2. The van der Waals surface area contributed by atoms with Crippen LogP contribution >= 0.6 is 0 Å². The van der Waals surface area contributed by atoms with Crippen molar-refractivity contribution in [2.24, 2.45) is 0 Å². The summed E-state index contributed by atoms with van der Waals surface area (Å²) in [5, 5.41) is 14.2. The minimum Gasteiger partial charge on any atom is -0.507 e. The quantitative estimate of drug-likeness (QED) is 0.734. The SMILES string of the molecule is CCNC(=O)CN(CC)C(=O)COC(=O)c1cc2ccccc2cc1O. The number of aromatic hydroxyl groups is 1. The van der Waals surface area contributed by atoms with E-state index in [1.54, 1.807) is 13.8 Å². The molecular formula is C19H22N2O5. The summed E-state index contributed by atoms with van der Waals surface area (Å²) in [5.41, 5.74) is -0.0109. The Morgan fingerprint density at radius 3 is 2.38 bits per heavy atom. The van der Waals surface area contributed by atoms with Crippen molar-refractivity contribution in [2.45, 2.75) is 13.8 Å². The van der Waals surface area contributed by atoms with Crippen LogP contribution in [-0.2, 0) is 14.3 Å². The van der Waals surface area contributed by atoms with Gasteiger partial charge >= 0.3 is 5.97 Å². The lowest BCUT2D eigenvalue weighted by atomic mass is 10.1. The first-order valence-electron chi connectivity index (χ1n) is 8.39. The maximum Gasteiger partial charge on any atom is 0.342 e. The molecule has 7 heteroatoms. The molecule has 0 aliphatic carbocycles. The molecule has 2 N–H and O–H groups in total. The van der Waals surface area contributed by atoms with E-state index in [2.05, 4.69) is 5.32 Å². The van der Waals surface area contributed by atoms with Gasteiger partial charge in [0, 0.05) is 13.1 Å². The summed E-state index contributed by atoms with van der Waals surface area (Å²) in [4.78, 5) is 37.3. The maximum absolute atomic E-state index is 12.2. The van der Waals surface area contributed by atoms with E-state index in [1.165, 1.54) is 17.0 Å². The third-order valence-corrected chi connectivity index (χ3v) is 3.85. The highest BCUT2D eigenvalue weighted by molar-refractivity contribution is 5.99. The predicted molar refractivity (Wildman–Crippen MR) is 96.8 cm³/mol. The number of ether oxygens (including phenoxy) is 1. The van der Waals surface area contributed by atoms with Crippen LogP contribution in [-0.4, -0.2) is 54.0 Å². The summed E-state index contributed by atoms with van der Waals surface area (Å²) in [6.45, 7) is 3.71. The zero-order valence-corrected chi connectivity index (χ0v) is 14.8. The lowest BCUT2D eigenvalue weighted by Crippen LogP contribution is -2.42. The van der Waals surface area contributed by atoms with Gasteiger partial charge in [0.05, 0.1) is 6.54 Å². The lowest BCUT2D eigenvalue weighted by Gasteiger charge is -2.20.